The van der Waals surface area contributed by atoms with E-state index in [1.54, 1.807) is 19.9 Å². The molecule has 0 unspecified atom stereocenters. The van der Waals surface area contributed by atoms with Crippen molar-refractivity contribution in [2.24, 2.45) is 0 Å². The normalized spacial score (nSPS) is 12.9. The first-order valence-corrected chi connectivity index (χ1v) is 10.6. The summed E-state index contributed by atoms with van der Waals surface area (Å²) in [5.74, 6) is -0.883. The van der Waals surface area contributed by atoms with Crippen LogP contribution in [0.1, 0.15) is 70.4 Å². The molecule has 0 radical (unpaired) electrons. The molecular weight excluding hydrogens is 360 g/mol. The first-order chi connectivity index (χ1) is 14.1. The summed E-state index contributed by atoms with van der Waals surface area (Å²) in [6, 6.07) is 8.27. The minimum atomic E-state index is -0.883. The SMILES string of the molecule is CCCCCCCCOCc1ccccc1C=CC=CC=CC(C)=C(C)C(=O)O. The minimum Gasteiger partial charge on any atom is -0.478 e. The maximum Gasteiger partial charge on any atom is 0.331 e. The van der Waals surface area contributed by atoms with Gasteiger partial charge in [-0.3, -0.25) is 0 Å². The Morgan fingerprint density at radius 2 is 1.66 bits per heavy atom. The number of allylic oxidation sites excluding steroid dienone is 6. The Balaban J connectivity index is 2.45. The van der Waals surface area contributed by atoms with Crippen molar-refractivity contribution in [1.29, 1.82) is 0 Å². The van der Waals surface area contributed by atoms with Gasteiger partial charge in [0.2, 0.25) is 0 Å². The molecule has 1 N–H and O–H groups in total. The van der Waals surface area contributed by atoms with Crippen LogP contribution in [0.25, 0.3) is 6.08 Å². The third kappa shape index (κ3) is 11.3. The van der Waals surface area contributed by atoms with Gasteiger partial charge in [-0.2, -0.15) is 0 Å². The summed E-state index contributed by atoms with van der Waals surface area (Å²) >= 11 is 0. The van der Waals surface area contributed by atoms with Crippen molar-refractivity contribution in [2.45, 2.75) is 65.9 Å². The fraction of sp³-hybridized carbons (Fsp3) is 0.423. The Labute approximate surface area is 176 Å². The molecule has 158 valence electrons. The number of carboxylic acids is 1. The van der Waals surface area contributed by atoms with Crippen LogP contribution in [0.5, 0.6) is 0 Å². The summed E-state index contributed by atoms with van der Waals surface area (Å²) in [4.78, 5) is 10.9. The molecule has 3 heteroatoms. The first kappa shape index (κ1) is 24.6. The van der Waals surface area contributed by atoms with Crippen molar-refractivity contribution >= 4 is 12.0 Å². The van der Waals surface area contributed by atoms with E-state index in [4.69, 9.17) is 9.84 Å². The van der Waals surface area contributed by atoms with E-state index >= 15 is 0 Å². The number of unbranched alkanes of at least 4 members (excludes halogenated alkanes) is 5. The summed E-state index contributed by atoms with van der Waals surface area (Å²) in [7, 11) is 0. The molecule has 0 amide bonds. The molecule has 3 nitrogen and oxygen atoms in total. The van der Waals surface area contributed by atoms with E-state index in [1.807, 2.05) is 36.4 Å². The van der Waals surface area contributed by atoms with Crippen LogP contribution in [-0.2, 0) is 16.1 Å². The van der Waals surface area contributed by atoms with Crippen molar-refractivity contribution in [3.05, 3.63) is 76.9 Å². The Kier molecular flexibility index (Phi) is 13.2. The fourth-order valence-electron chi connectivity index (χ4n) is 2.78. The summed E-state index contributed by atoms with van der Waals surface area (Å²) in [6.07, 6.45) is 19.2. The third-order valence-electron chi connectivity index (χ3n) is 4.82. The Hall–Kier alpha value is -2.39. The number of benzene rings is 1. The predicted molar refractivity (Wildman–Crippen MR) is 123 cm³/mol. The lowest BCUT2D eigenvalue weighted by atomic mass is 10.1. The molecule has 0 aromatic heterocycles. The zero-order chi connectivity index (χ0) is 21.3. The summed E-state index contributed by atoms with van der Waals surface area (Å²) in [6.45, 7) is 7.10. The van der Waals surface area contributed by atoms with E-state index in [2.05, 4.69) is 25.1 Å². The van der Waals surface area contributed by atoms with Crippen molar-refractivity contribution in [3.63, 3.8) is 0 Å². The molecule has 0 aliphatic rings. The van der Waals surface area contributed by atoms with E-state index < -0.39 is 5.97 Å². The van der Waals surface area contributed by atoms with Crippen LogP contribution in [-0.4, -0.2) is 17.7 Å². The van der Waals surface area contributed by atoms with Gasteiger partial charge in [-0.05, 0) is 37.0 Å². The van der Waals surface area contributed by atoms with Gasteiger partial charge in [0.1, 0.15) is 0 Å². The van der Waals surface area contributed by atoms with Gasteiger partial charge in [-0.25, -0.2) is 4.79 Å². The van der Waals surface area contributed by atoms with Crippen LogP contribution in [0.3, 0.4) is 0 Å². The van der Waals surface area contributed by atoms with Crippen molar-refractivity contribution in [3.8, 4) is 0 Å². The Morgan fingerprint density at radius 3 is 2.41 bits per heavy atom. The molecule has 0 heterocycles. The van der Waals surface area contributed by atoms with Gasteiger partial charge in [0.05, 0.1) is 6.61 Å². The second kappa shape index (κ2) is 15.5. The second-order valence-electron chi connectivity index (χ2n) is 7.24. The lowest BCUT2D eigenvalue weighted by Gasteiger charge is -2.07. The van der Waals surface area contributed by atoms with Crippen molar-refractivity contribution in [2.75, 3.05) is 6.61 Å². The highest BCUT2D eigenvalue weighted by Crippen LogP contribution is 2.13. The molecule has 0 atom stereocenters. The first-order valence-electron chi connectivity index (χ1n) is 10.6. The largest absolute Gasteiger partial charge is 0.478 e. The number of hydrogen-bond donors (Lipinski definition) is 1. The topological polar surface area (TPSA) is 46.5 Å². The molecule has 0 aliphatic carbocycles. The van der Waals surface area contributed by atoms with E-state index in [9.17, 15) is 4.79 Å². The molecule has 1 aromatic carbocycles. The highest BCUT2D eigenvalue weighted by Gasteiger charge is 2.01. The van der Waals surface area contributed by atoms with Crippen LogP contribution < -0.4 is 0 Å². The van der Waals surface area contributed by atoms with Crippen LogP contribution >= 0.6 is 0 Å². The molecular formula is C26H36O3. The monoisotopic (exact) mass is 396 g/mol. The molecule has 0 spiro atoms. The van der Waals surface area contributed by atoms with Gasteiger partial charge in [0, 0.05) is 12.2 Å². The number of aliphatic carboxylic acids is 1. The smallest absolute Gasteiger partial charge is 0.331 e. The van der Waals surface area contributed by atoms with Gasteiger partial charge in [0.15, 0.2) is 0 Å². The molecule has 29 heavy (non-hydrogen) atoms. The minimum absolute atomic E-state index is 0.361. The molecule has 1 aromatic rings. The third-order valence-corrected chi connectivity index (χ3v) is 4.82. The van der Waals surface area contributed by atoms with Gasteiger partial charge < -0.3 is 9.84 Å². The average molecular weight is 397 g/mol. The van der Waals surface area contributed by atoms with Crippen LogP contribution in [0.4, 0.5) is 0 Å². The Bertz CT molecular complexity index is 723. The Morgan fingerprint density at radius 1 is 0.966 bits per heavy atom. The van der Waals surface area contributed by atoms with Gasteiger partial charge >= 0.3 is 5.97 Å². The lowest BCUT2D eigenvalue weighted by Crippen LogP contribution is -1.97. The standard InChI is InChI=1S/C26H36O3/c1-4-5-6-7-10-15-20-29-21-25-19-14-13-18-24(25)17-12-9-8-11-16-22(2)23(3)26(27)28/h8-9,11-14,16-19H,4-7,10,15,20-21H2,1-3H3,(H,27,28). The van der Waals surface area contributed by atoms with E-state index in [0.29, 0.717) is 12.2 Å². The van der Waals surface area contributed by atoms with Gasteiger partial charge in [0.25, 0.3) is 0 Å². The summed E-state index contributed by atoms with van der Waals surface area (Å²) in [5, 5.41) is 8.95. The number of rotatable bonds is 14. The molecule has 0 saturated heterocycles. The van der Waals surface area contributed by atoms with Crippen molar-refractivity contribution in [1.82, 2.24) is 0 Å². The zero-order valence-electron chi connectivity index (χ0n) is 18.2. The summed E-state index contributed by atoms with van der Waals surface area (Å²) < 4.78 is 5.86. The highest BCUT2D eigenvalue weighted by atomic mass is 16.5. The molecule has 0 aliphatic heterocycles. The van der Waals surface area contributed by atoms with Crippen molar-refractivity contribution < 1.29 is 14.6 Å². The van der Waals surface area contributed by atoms with E-state index in [-0.39, 0.29) is 0 Å². The molecule has 0 saturated carbocycles. The number of carboxylic acid groups (broad SMARTS) is 1. The molecule has 0 bridgehead atoms. The molecule has 0 fully saturated rings. The summed E-state index contributed by atoms with van der Waals surface area (Å²) in [5.41, 5.74) is 3.45. The van der Waals surface area contributed by atoms with Crippen LogP contribution in [0, 0.1) is 0 Å². The lowest BCUT2D eigenvalue weighted by molar-refractivity contribution is -0.132. The second-order valence-corrected chi connectivity index (χ2v) is 7.24. The van der Waals surface area contributed by atoms with E-state index in [0.717, 1.165) is 24.2 Å². The number of carbonyl (C=O) groups is 1. The number of ether oxygens (including phenoxy) is 1. The predicted octanol–water partition coefficient (Wildman–Crippen LogP) is 7.11. The van der Waals surface area contributed by atoms with Crippen LogP contribution in [0.15, 0.2) is 65.8 Å². The zero-order valence-corrected chi connectivity index (χ0v) is 18.2. The highest BCUT2D eigenvalue weighted by molar-refractivity contribution is 5.87. The van der Waals surface area contributed by atoms with Gasteiger partial charge in [-0.15, -0.1) is 0 Å². The van der Waals surface area contributed by atoms with Gasteiger partial charge in [-0.1, -0.05) is 99.7 Å². The maximum atomic E-state index is 10.9. The quantitative estimate of drug-likeness (QED) is 0.207. The molecule has 1 rings (SSSR count). The van der Waals surface area contributed by atoms with Crippen LogP contribution in [0.2, 0.25) is 0 Å². The number of hydrogen-bond acceptors (Lipinski definition) is 2. The fourth-order valence-corrected chi connectivity index (χ4v) is 2.78. The van der Waals surface area contributed by atoms with E-state index in [1.165, 1.54) is 37.7 Å². The maximum absolute atomic E-state index is 10.9. The average Bonchev–Trinajstić information content (AvgIpc) is 2.72.